The molecular weight excluding hydrogens is 316 g/mol. The lowest BCUT2D eigenvalue weighted by atomic mass is 10.1. The van der Waals surface area contributed by atoms with Crippen LogP contribution in [0.15, 0.2) is 48.5 Å². The Balaban J connectivity index is 2.01. The molecule has 2 aromatic rings. The summed E-state index contributed by atoms with van der Waals surface area (Å²) >= 11 is 0. The number of anilines is 1. The van der Waals surface area contributed by atoms with Gasteiger partial charge in [-0.25, -0.2) is 0 Å². The smallest absolute Gasteiger partial charge is 0.255 e. The molecule has 5 heteroatoms. The van der Waals surface area contributed by atoms with Crippen LogP contribution in [0.2, 0.25) is 0 Å². The summed E-state index contributed by atoms with van der Waals surface area (Å²) in [4.78, 5) is 24.6. The first kappa shape index (κ1) is 18.5. The number of methoxy groups -OCH3 is 1. The topological polar surface area (TPSA) is 67.4 Å². The summed E-state index contributed by atoms with van der Waals surface area (Å²) in [7, 11) is 1.57. The predicted molar refractivity (Wildman–Crippen MR) is 99.2 cm³/mol. The van der Waals surface area contributed by atoms with Crippen molar-refractivity contribution in [2.24, 2.45) is 0 Å². The molecule has 0 unspecified atom stereocenters. The van der Waals surface area contributed by atoms with Crippen molar-refractivity contribution in [3.63, 3.8) is 0 Å². The molecule has 0 atom stereocenters. The van der Waals surface area contributed by atoms with Gasteiger partial charge < -0.3 is 15.4 Å². The number of carbonyl (C=O) groups is 2. The molecule has 25 heavy (non-hydrogen) atoms. The van der Waals surface area contributed by atoms with Crippen molar-refractivity contribution in [1.82, 2.24) is 5.32 Å². The van der Waals surface area contributed by atoms with Crippen molar-refractivity contribution >= 4 is 17.5 Å². The average Bonchev–Trinajstić information content (AvgIpc) is 2.65. The van der Waals surface area contributed by atoms with Gasteiger partial charge in [0.1, 0.15) is 5.75 Å². The summed E-state index contributed by atoms with van der Waals surface area (Å²) in [5.41, 5.74) is 1.55. The SMILES string of the molecule is CCCCCNC(=O)c1cccc(C(=O)Nc2cccc(OC)c2)c1. The quantitative estimate of drug-likeness (QED) is 0.717. The van der Waals surface area contributed by atoms with Gasteiger partial charge in [-0.1, -0.05) is 31.9 Å². The zero-order valence-corrected chi connectivity index (χ0v) is 14.7. The van der Waals surface area contributed by atoms with Crippen LogP contribution < -0.4 is 15.4 Å². The molecule has 0 heterocycles. The van der Waals surface area contributed by atoms with Gasteiger partial charge in [-0.3, -0.25) is 9.59 Å². The summed E-state index contributed by atoms with van der Waals surface area (Å²) in [5, 5.41) is 5.69. The fourth-order valence-electron chi connectivity index (χ4n) is 2.38. The first-order valence-electron chi connectivity index (χ1n) is 8.47. The van der Waals surface area contributed by atoms with Crippen molar-refractivity contribution < 1.29 is 14.3 Å². The first-order valence-corrected chi connectivity index (χ1v) is 8.47. The highest BCUT2D eigenvalue weighted by atomic mass is 16.5. The molecule has 5 nitrogen and oxygen atoms in total. The van der Waals surface area contributed by atoms with Gasteiger partial charge in [0.2, 0.25) is 0 Å². The van der Waals surface area contributed by atoms with Gasteiger partial charge in [0.05, 0.1) is 7.11 Å². The fraction of sp³-hybridized carbons (Fsp3) is 0.300. The third-order valence-corrected chi connectivity index (χ3v) is 3.78. The maximum atomic E-state index is 12.4. The molecule has 2 N–H and O–H groups in total. The number of hydrogen-bond donors (Lipinski definition) is 2. The van der Waals surface area contributed by atoms with E-state index in [4.69, 9.17) is 4.74 Å². The highest BCUT2D eigenvalue weighted by Gasteiger charge is 2.11. The standard InChI is InChI=1S/C20H24N2O3/c1-3-4-5-12-21-19(23)15-8-6-9-16(13-15)20(24)22-17-10-7-11-18(14-17)25-2/h6-11,13-14H,3-5,12H2,1-2H3,(H,21,23)(H,22,24). The highest BCUT2D eigenvalue weighted by Crippen LogP contribution is 2.17. The Bertz CT molecular complexity index is 728. The number of amides is 2. The minimum Gasteiger partial charge on any atom is -0.497 e. The van der Waals surface area contributed by atoms with Crippen molar-refractivity contribution in [3.8, 4) is 5.75 Å². The van der Waals surface area contributed by atoms with Crippen LogP contribution in [-0.2, 0) is 0 Å². The van der Waals surface area contributed by atoms with Crippen molar-refractivity contribution in [2.45, 2.75) is 26.2 Å². The van der Waals surface area contributed by atoms with Gasteiger partial charge in [-0.15, -0.1) is 0 Å². The molecule has 132 valence electrons. The van der Waals surface area contributed by atoms with Crippen LogP contribution >= 0.6 is 0 Å². The van der Waals surface area contributed by atoms with E-state index in [0.717, 1.165) is 19.3 Å². The minimum atomic E-state index is -0.270. The van der Waals surface area contributed by atoms with Gasteiger partial charge in [0, 0.05) is 29.4 Å². The summed E-state index contributed by atoms with van der Waals surface area (Å²) in [6.45, 7) is 2.76. The second-order valence-electron chi connectivity index (χ2n) is 5.73. The predicted octanol–water partition coefficient (Wildman–Crippen LogP) is 3.87. The maximum absolute atomic E-state index is 12.4. The van der Waals surface area contributed by atoms with E-state index in [1.54, 1.807) is 55.6 Å². The molecule has 0 radical (unpaired) electrons. The first-order chi connectivity index (χ1) is 12.1. The number of carbonyl (C=O) groups excluding carboxylic acids is 2. The molecule has 0 saturated heterocycles. The lowest BCUT2D eigenvalue weighted by Crippen LogP contribution is -2.24. The third-order valence-electron chi connectivity index (χ3n) is 3.78. The molecular formula is C20H24N2O3. The second kappa shape index (κ2) is 9.47. The molecule has 0 spiro atoms. The normalized spacial score (nSPS) is 10.2. The van der Waals surface area contributed by atoms with E-state index in [1.807, 2.05) is 0 Å². The second-order valence-corrected chi connectivity index (χ2v) is 5.73. The van der Waals surface area contributed by atoms with Gasteiger partial charge >= 0.3 is 0 Å². The molecule has 0 aliphatic carbocycles. The fourth-order valence-corrected chi connectivity index (χ4v) is 2.38. The van der Waals surface area contributed by atoms with Crippen LogP contribution in [0.4, 0.5) is 5.69 Å². The maximum Gasteiger partial charge on any atom is 0.255 e. The van der Waals surface area contributed by atoms with E-state index in [0.29, 0.717) is 29.1 Å². The Hall–Kier alpha value is -2.82. The largest absolute Gasteiger partial charge is 0.497 e. The monoisotopic (exact) mass is 340 g/mol. The number of rotatable bonds is 8. The Labute approximate surface area is 148 Å². The van der Waals surface area contributed by atoms with Crippen LogP contribution in [0.5, 0.6) is 5.75 Å². The zero-order chi connectivity index (χ0) is 18.1. The lowest BCUT2D eigenvalue weighted by Gasteiger charge is -2.09. The summed E-state index contributed by atoms with van der Waals surface area (Å²) in [6, 6.07) is 13.8. The van der Waals surface area contributed by atoms with Gasteiger partial charge in [0.25, 0.3) is 11.8 Å². The minimum absolute atomic E-state index is 0.160. The zero-order valence-electron chi connectivity index (χ0n) is 14.7. The Morgan fingerprint density at radius 2 is 1.68 bits per heavy atom. The summed E-state index contributed by atoms with van der Waals surface area (Å²) < 4.78 is 5.14. The Kier molecular flexibility index (Phi) is 7.01. The molecule has 0 aromatic heterocycles. The summed E-state index contributed by atoms with van der Waals surface area (Å²) in [5.74, 6) is 0.235. The Morgan fingerprint density at radius 3 is 2.40 bits per heavy atom. The number of ether oxygens (including phenoxy) is 1. The number of unbranched alkanes of at least 4 members (excludes halogenated alkanes) is 2. The number of nitrogens with one attached hydrogen (secondary N) is 2. The van der Waals surface area contributed by atoms with E-state index in [-0.39, 0.29) is 11.8 Å². The van der Waals surface area contributed by atoms with Crippen molar-refractivity contribution in [3.05, 3.63) is 59.7 Å². The van der Waals surface area contributed by atoms with E-state index in [9.17, 15) is 9.59 Å². The third kappa shape index (κ3) is 5.64. The van der Waals surface area contributed by atoms with Crippen LogP contribution in [-0.4, -0.2) is 25.5 Å². The molecule has 0 bridgehead atoms. The van der Waals surface area contributed by atoms with Crippen molar-refractivity contribution in [2.75, 3.05) is 19.0 Å². The van der Waals surface area contributed by atoms with Crippen LogP contribution in [0, 0.1) is 0 Å². The van der Waals surface area contributed by atoms with Gasteiger partial charge in [-0.2, -0.15) is 0 Å². The Morgan fingerprint density at radius 1 is 0.960 bits per heavy atom. The molecule has 0 fully saturated rings. The van der Waals surface area contributed by atoms with Crippen LogP contribution in [0.1, 0.15) is 46.9 Å². The van der Waals surface area contributed by atoms with E-state index >= 15 is 0 Å². The van der Waals surface area contributed by atoms with Crippen molar-refractivity contribution in [1.29, 1.82) is 0 Å². The number of hydrogen-bond acceptors (Lipinski definition) is 3. The van der Waals surface area contributed by atoms with Crippen LogP contribution in [0.3, 0.4) is 0 Å². The number of benzene rings is 2. The molecule has 2 rings (SSSR count). The van der Waals surface area contributed by atoms with Gasteiger partial charge in [0.15, 0.2) is 0 Å². The molecule has 0 aliphatic heterocycles. The molecule has 2 aromatic carbocycles. The molecule has 0 saturated carbocycles. The van der Waals surface area contributed by atoms with E-state index < -0.39 is 0 Å². The highest BCUT2D eigenvalue weighted by molar-refractivity contribution is 6.06. The lowest BCUT2D eigenvalue weighted by molar-refractivity contribution is 0.0953. The van der Waals surface area contributed by atoms with Gasteiger partial charge in [-0.05, 0) is 36.8 Å². The molecule has 0 aliphatic rings. The average molecular weight is 340 g/mol. The van der Waals surface area contributed by atoms with E-state index in [2.05, 4.69) is 17.6 Å². The summed E-state index contributed by atoms with van der Waals surface area (Å²) in [6.07, 6.45) is 3.15. The van der Waals surface area contributed by atoms with E-state index in [1.165, 1.54) is 0 Å². The molecule has 2 amide bonds. The van der Waals surface area contributed by atoms with Crippen LogP contribution in [0.25, 0.3) is 0 Å².